The van der Waals surface area contributed by atoms with Gasteiger partial charge in [-0.2, -0.15) is 10.2 Å². The quantitative estimate of drug-likeness (QED) is 0.0976. The molecule has 18 nitrogen and oxygen atoms in total. The molecule has 8 aromatic rings. The Labute approximate surface area is 425 Å². The summed E-state index contributed by atoms with van der Waals surface area (Å²) < 4.78 is 7.34. The van der Waals surface area contributed by atoms with Gasteiger partial charge >= 0.3 is 0 Å². The minimum Gasteiger partial charge on any atom is -0.360 e. The molecule has 4 N–H and O–H groups in total. The highest BCUT2D eigenvalue weighted by molar-refractivity contribution is 5.98. The normalized spacial score (nSPS) is 16.2. The topological polar surface area (TPSA) is 188 Å². The highest BCUT2D eigenvalue weighted by Gasteiger charge is 2.41. The molecule has 0 bridgehead atoms. The van der Waals surface area contributed by atoms with Gasteiger partial charge in [-0.15, -0.1) is 0 Å². The van der Waals surface area contributed by atoms with Crippen molar-refractivity contribution < 1.29 is 4.79 Å². The predicted molar refractivity (Wildman–Crippen MR) is 290 cm³/mol. The summed E-state index contributed by atoms with van der Waals surface area (Å²) in [5.41, 5.74) is 8.87. The number of carbonyl (C=O) groups excluding carboxylic acids is 1. The molecular weight excluding hydrogens is 919 g/mol. The van der Waals surface area contributed by atoms with E-state index in [9.17, 15) is 14.4 Å². The van der Waals surface area contributed by atoms with Crippen molar-refractivity contribution >= 4 is 39.6 Å². The zero-order valence-corrected chi connectivity index (χ0v) is 43.8. The molecule has 0 atom stereocenters. The van der Waals surface area contributed by atoms with E-state index in [1.807, 2.05) is 55.9 Å². The molecule has 1 amide bonds. The maximum atomic E-state index is 13.1. The largest absolute Gasteiger partial charge is 0.360 e. The van der Waals surface area contributed by atoms with E-state index in [0.717, 1.165) is 93.6 Å². The fraction of sp³-hybridized carbons (Fsp3) is 0.436. The number of hydrogen-bond donors (Lipinski definition) is 4. The number of H-pyrrole nitrogens is 2. The number of rotatable bonds is 12. The lowest BCUT2D eigenvalue weighted by molar-refractivity contribution is -0.121. The minimum absolute atomic E-state index is 0.00465. The molecule has 9 heterocycles. The van der Waals surface area contributed by atoms with Crippen LogP contribution in [0.1, 0.15) is 74.3 Å². The number of hydrogen-bond acceptors (Lipinski definition) is 11. The van der Waals surface area contributed by atoms with Crippen LogP contribution in [-0.2, 0) is 24.4 Å². The lowest BCUT2D eigenvalue weighted by Crippen LogP contribution is -2.45. The molecule has 3 aliphatic heterocycles. The zero-order valence-electron chi connectivity index (χ0n) is 43.8. The number of anilines is 2. The van der Waals surface area contributed by atoms with Crippen LogP contribution in [0.4, 0.5) is 11.9 Å². The Morgan fingerprint density at radius 1 is 0.712 bits per heavy atom. The molecule has 2 aromatic carbocycles. The van der Waals surface area contributed by atoms with E-state index >= 15 is 0 Å². The summed E-state index contributed by atoms with van der Waals surface area (Å²) in [6, 6.07) is 16.7. The van der Waals surface area contributed by atoms with Crippen LogP contribution in [0.15, 0.2) is 95.3 Å². The first kappa shape index (κ1) is 49.3. The number of benzene rings is 2. The lowest BCUT2D eigenvalue weighted by Gasteiger charge is -2.35. The van der Waals surface area contributed by atoms with Gasteiger partial charge in [0.05, 0.1) is 54.0 Å². The number of nitrogens with zero attached hydrogens (tertiary/aromatic N) is 11. The monoisotopic (exact) mass is 988 g/mol. The van der Waals surface area contributed by atoms with Gasteiger partial charge in [-0.05, 0) is 131 Å². The van der Waals surface area contributed by atoms with Gasteiger partial charge in [0.2, 0.25) is 17.8 Å². The summed E-state index contributed by atoms with van der Waals surface area (Å²) in [4.78, 5) is 61.7. The number of nitrogens with one attached hydrogen (secondary N) is 4. The van der Waals surface area contributed by atoms with E-state index in [1.165, 1.54) is 0 Å². The standard InChI is InChI=1S/C28H36N8O2.C27H33N7O/c1-18(2)36-27-32-24(12-26(38)35(27)17-28(36,3)4)22-14-30-23-8-7-19(11-21(22)23)20-13-31-34(15-20)16-25(37)29-9-10-33(5)6;1-17(2)34-26-31-24(12-25(35)32(26)16-27(34,3)4)22-14-29-23-6-5-18(11-21(22)23)19-13-30-33(15-19)20-7-9-28-10-8-20/h7-8,11-15,18,30H,9-10,16-17H2,1-6H3,(H,29,37);5-6,11-15,17,20,28-29H,7-10,16H2,1-4H3. The molecular formula is C55H69N15O3. The number of aromatic nitrogens is 10. The number of carbonyl (C=O) groups is 1. The third-order valence-electron chi connectivity index (χ3n) is 14.5. The Balaban J connectivity index is 0.000000168. The Bertz CT molecular complexity index is 3450. The van der Waals surface area contributed by atoms with Crippen LogP contribution in [0.3, 0.4) is 0 Å². The first-order valence-corrected chi connectivity index (χ1v) is 25.6. The van der Waals surface area contributed by atoms with Gasteiger partial charge in [0.1, 0.15) is 6.54 Å². The van der Waals surface area contributed by atoms with Crippen LogP contribution in [0.2, 0.25) is 0 Å². The van der Waals surface area contributed by atoms with Crippen molar-refractivity contribution in [1.82, 2.24) is 64.2 Å². The maximum Gasteiger partial charge on any atom is 0.255 e. The van der Waals surface area contributed by atoms with E-state index in [1.54, 1.807) is 32.1 Å². The van der Waals surface area contributed by atoms with E-state index in [4.69, 9.17) is 9.97 Å². The van der Waals surface area contributed by atoms with Crippen molar-refractivity contribution in [2.75, 3.05) is 50.1 Å². The third kappa shape index (κ3) is 9.61. The Kier molecular flexibility index (Phi) is 13.0. The molecule has 73 heavy (non-hydrogen) atoms. The first-order chi connectivity index (χ1) is 34.8. The van der Waals surface area contributed by atoms with Crippen molar-refractivity contribution in [1.29, 1.82) is 0 Å². The van der Waals surface area contributed by atoms with E-state index in [0.29, 0.717) is 43.0 Å². The van der Waals surface area contributed by atoms with E-state index < -0.39 is 0 Å². The molecule has 0 spiro atoms. The zero-order chi connectivity index (χ0) is 51.5. The molecule has 1 saturated heterocycles. The molecule has 0 saturated carbocycles. The second-order valence-corrected chi connectivity index (χ2v) is 22.0. The number of aromatic amines is 2. The van der Waals surface area contributed by atoms with Crippen LogP contribution >= 0.6 is 0 Å². The van der Waals surface area contributed by atoms with Gasteiger partial charge in [-0.25, -0.2) is 9.97 Å². The van der Waals surface area contributed by atoms with E-state index in [-0.39, 0.29) is 46.7 Å². The highest BCUT2D eigenvalue weighted by Crippen LogP contribution is 2.38. The Morgan fingerprint density at radius 2 is 1.22 bits per heavy atom. The summed E-state index contributed by atoms with van der Waals surface area (Å²) in [5.74, 6) is 1.39. The van der Waals surface area contributed by atoms with Crippen LogP contribution in [-0.4, -0.2) is 123 Å². The van der Waals surface area contributed by atoms with Gasteiger partial charge in [0.15, 0.2) is 0 Å². The predicted octanol–water partition coefficient (Wildman–Crippen LogP) is 7.13. The molecule has 0 aliphatic carbocycles. The number of likely N-dealkylation sites (N-methyl/N-ethyl adjacent to an activating group) is 1. The number of piperidine rings is 1. The van der Waals surface area contributed by atoms with Gasteiger partial charge in [0.25, 0.3) is 11.1 Å². The molecule has 0 unspecified atom stereocenters. The highest BCUT2D eigenvalue weighted by atomic mass is 16.2. The number of fused-ring (bicyclic) bond motifs is 4. The minimum atomic E-state index is -0.192. The summed E-state index contributed by atoms with van der Waals surface area (Å²) in [7, 11) is 3.94. The number of amides is 1. The van der Waals surface area contributed by atoms with Crippen LogP contribution in [0, 0.1) is 0 Å². The van der Waals surface area contributed by atoms with Gasteiger partial charge in [0, 0.05) is 106 Å². The molecule has 0 radical (unpaired) electrons. The Morgan fingerprint density at radius 3 is 1.73 bits per heavy atom. The van der Waals surface area contributed by atoms with Gasteiger partial charge < -0.3 is 35.3 Å². The molecule has 11 rings (SSSR count). The van der Waals surface area contributed by atoms with Crippen LogP contribution < -0.4 is 31.6 Å². The van der Waals surface area contributed by atoms with Crippen molar-refractivity contribution in [2.45, 2.75) is 117 Å². The smallest absolute Gasteiger partial charge is 0.255 e. The molecule has 382 valence electrons. The maximum absolute atomic E-state index is 13.1. The SMILES string of the molecule is CC(C)N1c2nc(-c3c[nH]c4ccc(-c5cnn(C6CCNCC6)c5)cc34)cc(=O)n2CC1(C)C.CC(C)N1c2nc(-c3c[nH]c4ccc(-c5cnn(CC(=O)NCCN(C)C)c5)cc34)cc(=O)n2CC1(C)C. The second-order valence-electron chi connectivity index (χ2n) is 22.0. The summed E-state index contributed by atoms with van der Waals surface area (Å²) >= 11 is 0. The Hall–Kier alpha value is -7.31. The van der Waals surface area contributed by atoms with Crippen LogP contribution in [0.25, 0.3) is 66.6 Å². The lowest BCUT2D eigenvalue weighted by atomic mass is 10.0. The van der Waals surface area contributed by atoms with Gasteiger partial charge in [-0.1, -0.05) is 12.1 Å². The average molecular weight is 988 g/mol. The van der Waals surface area contributed by atoms with Crippen LogP contribution in [0.5, 0.6) is 0 Å². The summed E-state index contributed by atoms with van der Waals surface area (Å²) in [5, 5.41) is 17.4. The fourth-order valence-corrected chi connectivity index (χ4v) is 11.3. The molecule has 6 aromatic heterocycles. The second kappa shape index (κ2) is 19.3. The average Bonchev–Trinajstić information content (AvgIpc) is 4.21. The fourth-order valence-electron chi connectivity index (χ4n) is 11.3. The van der Waals surface area contributed by atoms with Crippen molar-refractivity contribution in [2.24, 2.45) is 0 Å². The van der Waals surface area contributed by atoms with Gasteiger partial charge in [-0.3, -0.25) is 32.9 Å². The summed E-state index contributed by atoms with van der Waals surface area (Å²) in [6.45, 7) is 22.1. The molecule has 18 heteroatoms. The third-order valence-corrected chi connectivity index (χ3v) is 14.5. The summed E-state index contributed by atoms with van der Waals surface area (Å²) in [6.07, 6.45) is 13.8. The first-order valence-electron chi connectivity index (χ1n) is 25.6. The van der Waals surface area contributed by atoms with Crippen molar-refractivity contribution in [3.05, 3.63) is 106 Å². The van der Waals surface area contributed by atoms with E-state index in [2.05, 4.69) is 131 Å². The molecule has 3 aliphatic rings. The molecule has 1 fully saturated rings. The van der Waals surface area contributed by atoms with Crippen molar-refractivity contribution in [3.8, 4) is 44.8 Å². The van der Waals surface area contributed by atoms with Crippen molar-refractivity contribution in [3.63, 3.8) is 0 Å².